The number of benzene rings is 1. The molecule has 0 bridgehead atoms. The van der Waals surface area contributed by atoms with Crippen LogP contribution in [0.15, 0.2) is 36.4 Å². The Balaban J connectivity index is 2.21. The van der Waals surface area contributed by atoms with Gasteiger partial charge >= 0.3 is 0 Å². The molecule has 78 valence electrons. The highest BCUT2D eigenvalue weighted by atomic mass is 35.5. The number of aromatic nitrogens is 2. The maximum absolute atomic E-state index is 6.02. The van der Waals surface area contributed by atoms with Crippen molar-refractivity contribution < 1.29 is 0 Å². The van der Waals surface area contributed by atoms with Crippen molar-refractivity contribution in [3.8, 4) is 0 Å². The summed E-state index contributed by atoms with van der Waals surface area (Å²) in [7, 11) is 0. The predicted molar refractivity (Wildman–Crippen MR) is 62.3 cm³/mol. The van der Waals surface area contributed by atoms with Crippen LogP contribution in [0.4, 0.5) is 0 Å². The van der Waals surface area contributed by atoms with E-state index in [1.165, 1.54) is 5.56 Å². The zero-order valence-corrected chi connectivity index (χ0v) is 9.54. The first kappa shape index (κ1) is 10.5. The Labute approximate surface area is 98.4 Å². The van der Waals surface area contributed by atoms with E-state index in [0.29, 0.717) is 17.6 Å². The SMILES string of the molecule is ClCc1cc(Cl)n(Cc2ccccc2)n1. The maximum Gasteiger partial charge on any atom is 0.127 e. The average molecular weight is 241 g/mol. The van der Waals surface area contributed by atoms with Gasteiger partial charge in [0.15, 0.2) is 0 Å². The largest absolute Gasteiger partial charge is 0.249 e. The Morgan fingerprint density at radius 2 is 1.93 bits per heavy atom. The molecule has 0 aliphatic carbocycles. The maximum atomic E-state index is 6.02. The first-order chi connectivity index (χ1) is 7.29. The number of rotatable bonds is 3. The van der Waals surface area contributed by atoms with Crippen LogP contribution >= 0.6 is 23.2 Å². The van der Waals surface area contributed by atoms with Gasteiger partial charge in [-0.05, 0) is 11.6 Å². The number of halogens is 2. The second-order valence-electron chi connectivity index (χ2n) is 3.24. The van der Waals surface area contributed by atoms with E-state index in [1.807, 2.05) is 30.3 Å². The molecule has 0 N–H and O–H groups in total. The van der Waals surface area contributed by atoms with Crippen LogP contribution in [0.1, 0.15) is 11.3 Å². The molecule has 2 nitrogen and oxygen atoms in total. The first-order valence-electron chi connectivity index (χ1n) is 4.61. The van der Waals surface area contributed by atoms with Crippen LogP contribution in [-0.4, -0.2) is 9.78 Å². The van der Waals surface area contributed by atoms with Crippen LogP contribution in [0.3, 0.4) is 0 Å². The topological polar surface area (TPSA) is 17.8 Å². The van der Waals surface area contributed by atoms with Gasteiger partial charge in [-0.1, -0.05) is 41.9 Å². The van der Waals surface area contributed by atoms with E-state index in [0.717, 1.165) is 5.69 Å². The fourth-order valence-corrected chi connectivity index (χ4v) is 1.73. The minimum Gasteiger partial charge on any atom is -0.249 e. The Bertz CT molecular complexity index is 437. The smallest absolute Gasteiger partial charge is 0.127 e. The summed E-state index contributed by atoms with van der Waals surface area (Å²) in [5.41, 5.74) is 1.97. The van der Waals surface area contributed by atoms with E-state index in [1.54, 1.807) is 10.7 Å². The molecular weight excluding hydrogens is 231 g/mol. The monoisotopic (exact) mass is 240 g/mol. The molecule has 15 heavy (non-hydrogen) atoms. The lowest BCUT2D eigenvalue weighted by molar-refractivity contribution is 0.679. The highest BCUT2D eigenvalue weighted by Crippen LogP contribution is 2.14. The summed E-state index contributed by atoms with van der Waals surface area (Å²) in [4.78, 5) is 0. The third-order valence-corrected chi connectivity index (χ3v) is 2.67. The molecule has 0 amide bonds. The Morgan fingerprint density at radius 1 is 1.20 bits per heavy atom. The molecule has 0 radical (unpaired) electrons. The van der Waals surface area contributed by atoms with Crippen molar-refractivity contribution >= 4 is 23.2 Å². The number of hydrogen-bond donors (Lipinski definition) is 0. The molecule has 0 atom stereocenters. The van der Waals surface area contributed by atoms with E-state index < -0.39 is 0 Å². The predicted octanol–water partition coefficient (Wildman–Crippen LogP) is 3.32. The number of alkyl halides is 1. The van der Waals surface area contributed by atoms with Gasteiger partial charge in [0.05, 0.1) is 18.1 Å². The summed E-state index contributed by atoms with van der Waals surface area (Å²) < 4.78 is 1.74. The van der Waals surface area contributed by atoms with Gasteiger partial charge in [-0.15, -0.1) is 11.6 Å². The molecule has 0 saturated heterocycles. The van der Waals surface area contributed by atoms with E-state index in [-0.39, 0.29) is 0 Å². The second kappa shape index (κ2) is 4.69. The van der Waals surface area contributed by atoms with Crippen LogP contribution in [0, 0.1) is 0 Å². The molecule has 0 saturated carbocycles. The van der Waals surface area contributed by atoms with Crippen molar-refractivity contribution in [1.29, 1.82) is 0 Å². The molecule has 0 fully saturated rings. The van der Waals surface area contributed by atoms with Crippen molar-refractivity contribution in [2.24, 2.45) is 0 Å². The van der Waals surface area contributed by atoms with Crippen molar-refractivity contribution in [1.82, 2.24) is 9.78 Å². The van der Waals surface area contributed by atoms with E-state index in [9.17, 15) is 0 Å². The lowest BCUT2D eigenvalue weighted by Crippen LogP contribution is -2.01. The summed E-state index contributed by atoms with van der Waals surface area (Å²) >= 11 is 11.7. The zero-order chi connectivity index (χ0) is 10.7. The molecule has 1 aromatic carbocycles. The van der Waals surface area contributed by atoms with Crippen LogP contribution < -0.4 is 0 Å². The van der Waals surface area contributed by atoms with Gasteiger partial charge < -0.3 is 0 Å². The molecule has 2 aromatic rings. The van der Waals surface area contributed by atoms with Gasteiger partial charge in [-0.3, -0.25) is 0 Å². The van der Waals surface area contributed by atoms with E-state index >= 15 is 0 Å². The Hall–Kier alpha value is -0.990. The summed E-state index contributed by atoms with van der Waals surface area (Å²) in [6.45, 7) is 0.677. The van der Waals surface area contributed by atoms with Crippen LogP contribution in [0.2, 0.25) is 5.15 Å². The van der Waals surface area contributed by atoms with Crippen LogP contribution in [0.25, 0.3) is 0 Å². The Kier molecular flexibility index (Phi) is 3.29. The van der Waals surface area contributed by atoms with Gasteiger partial charge in [-0.2, -0.15) is 5.10 Å². The van der Waals surface area contributed by atoms with Gasteiger partial charge in [0.2, 0.25) is 0 Å². The average Bonchev–Trinajstić information content (AvgIpc) is 2.61. The molecular formula is C11H10Cl2N2. The summed E-state index contributed by atoms with van der Waals surface area (Å²) in [5.74, 6) is 0.390. The number of nitrogens with zero attached hydrogens (tertiary/aromatic N) is 2. The third-order valence-electron chi connectivity index (χ3n) is 2.09. The Morgan fingerprint density at radius 3 is 2.53 bits per heavy atom. The highest BCUT2D eigenvalue weighted by Gasteiger charge is 2.04. The van der Waals surface area contributed by atoms with Crippen LogP contribution in [0.5, 0.6) is 0 Å². The minimum absolute atomic E-state index is 0.390. The fourth-order valence-electron chi connectivity index (χ4n) is 1.38. The van der Waals surface area contributed by atoms with Crippen LogP contribution in [-0.2, 0) is 12.4 Å². The molecule has 0 unspecified atom stereocenters. The van der Waals surface area contributed by atoms with Crippen molar-refractivity contribution in [2.45, 2.75) is 12.4 Å². The third kappa shape index (κ3) is 2.52. The standard InChI is InChI=1S/C11H10Cl2N2/c12-7-10-6-11(13)15(14-10)8-9-4-2-1-3-5-9/h1-6H,7-8H2. The normalized spacial score (nSPS) is 10.5. The molecule has 2 rings (SSSR count). The summed E-state index contributed by atoms with van der Waals surface area (Å²) in [6, 6.07) is 11.8. The van der Waals surface area contributed by atoms with E-state index in [2.05, 4.69) is 5.10 Å². The molecule has 0 spiro atoms. The summed E-state index contributed by atoms with van der Waals surface area (Å²) in [6.07, 6.45) is 0. The van der Waals surface area contributed by atoms with Crippen molar-refractivity contribution in [2.75, 3.05) is 0 Å². The first-order valence-corrected chi connectivity index (χ1v) is 5.53. The van der Waals surface area contributed by atoms with Gasteiger partial charge in [-0.25, -0.2) is 4.68 Å². The van der Waals surface area contributed by atoms with Gasteiger partial charge in [0, 0.05) is 0 Å². The molecule has 4 heteroatoms. The molecule has 1 heterocycles. The lowest BCUT2D eigenvalue weighted by Gasteiger charge is -2.02. The van der Waals surface area contributed by atoms with Crippen molar-refractivity contribution in [3.05, 3.63) is 52.8 Å². The fraction of sp³-hybridized carbons (Fsp3) is 0.182. The second-order valence-corrected chi connectivity index (χ2v) is 3.89. The lowest BCUT2D eigenvalue weighted by atomic mass is 10.2. The van der Waals surface area contributed by atoms with Gasteiger partial charge in [0.1, 0.15) is 5.15 Å². The molecule has 0 aliphatic heterocycles. The van der Waals surface area contributed by atoms with Crippen molar-refractivity contribution in [3.63, 3.8) is 0 Å². The highest BCUT2D eigenvalue weighted by molar-refractivity contribution is 6.29. The number of hydrogen-bond acceptors (Lipinski definition) is 1. The molecule has 1 aromatic heterocycles. The van der Waals surface area contributed by atoms with Gasteiger partial charge in [0.25, 0.3) is 0 Å². The summed E-state index contributed by atoms with van der Waals surface area (Å²) in [5, 5.41) is 4.90. The zero-order valence-electron chi connectivity index (χ0n) is 8.03. The quantitative estimate of drug-likeness (QED) is 0.753. The minimum atomic E-state index is 0.390. The molecule has 0 aliphatic rings. The van der Waals surface area contributed by atoms with E-state index in [4.69, 9.17) is 23.2 Å².